The zero-order chi connectivity index (χ0) is 15.0. The summed E-state index contributed by atoms with van der Waals surface area (Å²) in [5.41, 5.74) is -1.54. The largest absolute Gasteiger partial charge is 0.381 e. The van der Waals surface area contributed by atoms with Gasteiger partial charge in [0.25, 0.3) is 0 Å². The van der Waals surface area contributed by atoms with E-state index >= 15 is 0 Å². The normalized spacial score (nSPS) is 31.3. The quantitative estimate of drug-likeness (QED) is 0.849. The molecule has 20 heavy (non-hydrogen) atoms. The molecular weight excluding hydrogens is 256 g/mol. The number of ether oxygens (including phenoxy) is 1. The van der Waals surface area contributed by atoms with Gasteiger partial charge in [0, 0.05) is 19.8 Å². The van der Waals surface area contributed by atoms with Crippen LogP contribution in [-0.4, -0.2) is 47.6 Å². The van der Waals surface area contributed by atoms with Gasteiger partial charge in [0.1, 0.15) is 11.1 Å². The van der Waals surface area contributed by atoms with E-state index in [-0.39, 0.29) is 11.8 Å². The molecule has 2 amide bonds. The first-order valence-corrected chi connectivity index (χ1v) is 7.53. The van der Waals surface area contributed by atoms with E-state index in [2.05, 4.69) is 5.32 Å². The van der Waals surface area contributed by atoms with E-state index in [9.17, 15) is 9.59 Å². The van der Waals surface area contributed by atoms with E-state index in [1.807, 2.05) is 27.7 Å². The van der Waals surface area contributed by atoms with Crippen molar-refractivity contribution in [1.82, 2.24) is 10.2 Å². The molecule has 1 N–H and O–H groups in total. The number of amides is 2. The molecule has 2 fully saturated rings. The van der Waals surface area contributed by atoms with E-state index < -0.39 is 11.1 Å². The molecule has 0 aliphatic carbocycles. The van der Waals surface area contributed by atoms with Crippen LogP contribution in [0.3, 0.4) is 0 Å². The Balaban J connectivity index is 2.21. The molecule has 0 aromatic rings. The number of rotatable bonds is 3. The Bertz CT molecular complexity index is 402. The van der Waals surface area contributed by atoms with Gasteiger partial charge in [-0.15, -0.1) is 0 Å². The minimum absolute atomic E-state index is 0.0380. The van der Waals surface area contributed by atoms with Gasteiger partial charge in [-0.3, -0.25) is 9.59 Å². The van der Waals surface area contributed by atoms with Gasteiger partial charge in [0.2, 0.25) is 11.8 Å². The van der Waals surface area contributed by atoms with Crippen LogP contribution < -0.4 is 5.32 Å². The van der Waals surface area contributed by atoms with Crippen LogP contribution in [0.1, 0.15) is 47.0 Å². The predicted octanol–water partition coefficient (Wildman–Crippen LogP) is 1.32. The summed E-state index contributed by atoms with van der Waals surface area (Å²) < 4.78 is 5.37. The Morgan fingerprint density at radius 2 is 1.85 bits per heavy atom. The predicted molar refractivity (Wildman–Crippen MR) is 76.2 cm³/mol. The van der Waals surface area contributed by atoms with Crippen molar-refractivity contribution in [1.29, 1.82) is 0 Å². The van der Waals surface area contributed by atoms with Gasteiger partial charge in [0.05, 0.1) is 0 Å². The fourth-order valence-electron chi connectivity index (χ4n) is 2.87. The van der Waals surface area contributed by atoms with Crippen LogP contribution in [0.2, 0.25) is 0 Å². The number of hydrogen-bond donors (Lipinski definition) is 1. The Morgan fingerprint density at radius 1 is 1.25 bits per heavy atom. The van der Waals surface area contributed by atoms with Crippen LogP contribution in [-0.2, 0) is 14.3 Å². The molecule has 114 valence electrons. The summed E-state index contributed by atoms with van der Waals surface area (Å²) in [5, 5.41) is 2.89. The van der Waals surface area contributed by atoms with Crippen LogP contribution in [0.4, 0.5) is 0 Å². The first-order chi connectivity index (χ1) is 9.31. The lowest BCUT2D eigenvalue weighted by atomic mass is 9.85. The molecule has 5 heteroatoms. The molecule has 0 aromatic carbocycles. The molecule has 2 aliphatic rings. The molecule has 1 atom stereocenters. The summed E-state index contributed by atoms with van der Waals surface area (Å²) in [7, 11) is 0. The molecule has 1 unspecified atom stereocenters. The number of piperazine rings is 1. The van der Waals surface area contributed by atoms with Crippen molar-refractivity contribution in [3.8, 4) is 0 Å². The maximum atomic E-state index is 12.8. The molecule has 2 rings (SSSR count). The zero-order valence-electron chi connectivity index (χ0n) is 13.0. The number of hydrogen-bond acceptors (Lipinski definition) is 3. The molecule has 2 saturated heterocycles. The second kappa shape index (κ2) is 5.35. The fraction of sp³-hybridized carbons (Fsp3) is 0.867. The molecule has 0 aromatic heterocycles. The fourth-order valence-corrected chi connectivity index (χ4v) is 2.87. The lowest BCUT2D eigenvalue weighted by molar-refractivity contribution is -0.162. The Hall–Kier alpha value is -1.10. The first kappa shape index (κ1) is 15.3. The monoisotopic (exact) mass is 282 g/mol. The van der Waals surface area contributed by atoms with Crippen molar-refractivity contribution in [3.05, 3.63) is 0 Å². The number of nitrogens with zero attached hydrogens (tertiary/aromatic N) is 1. The minimum atomic E-state index is -0.774. The summed E-state index contributed by atoms with van der Waals surface area (Å²) in [6, 6.07) is 0. The third-order valence-corrected chi connectivity index (χ3v) is 4.83. The summed E-state index contributed by atoms with van der Waals surface area (Å²) in [5.74, 6) is 0.406. The number of nitrogens with one attached hydrogen (secondary N) is 1. The maximum Gasteiger partial charge on any atom is 0.248 e. The smallest absolute Gasteiger partial charge is 0.248 e. The molecular formula is C15H26N2O3. The van der Waals surface area contributed by atoms with Gasteiger partial charge in [-0.1, -0.05) is 6.92 Å². The van der Waals surface area contributed by atoms with E-state index in [0.717, 1.165) is 26.1 Å². The molecule has 2 heterocycles. The second-order valence-corrected chi connectivity index (χ2v) is 6.67. The summed E-state index contributed by atoms with van der Waals surface area (Å²) in [6.45, 7) is 9.57. The minimum Gasteiger partial charge on any atom is -0.381 e. The van der Waals surface area contributed by atoms with Crippen LogP contribution >= 0.6 is 0 Å². The van der Waals surface area contributed by atoms with Crippen LogP contribution in [0.5, 0.6) is 0 Å². The van der Waals surface area contributed by atoms with Crippen molar-refractivity contribution in [2.24, 2.45) is 5.92 Å². The van der Waals surface area contributed by atoms with Gasteiger partial charge in [-0.05, 0) is 46.0 Å². The molecule has 0 bridgehead atoms. The van der Waals surface area contributed by atoms with E-state index in [0.29, 0.717) is 18.9 Å². The summed E-state index contributed by atoms with van der Waals surface area (Å²) in [4.78, 5) is 26.9. The average molecular weight is 282 g/mol. The molecule has 0 spiro atoms. The highest BCUT2D eigenvalue weighted by Gasteiger charge is 2.51. The number of carbonyl (C=O) groups is 2. The van der Waals surface area contributed by atoms with E-state index in [4.69, 9.17) is 4.74 Å². The van der Waals surface area contributed by atoms with Gasteiger partial charge in [-0.2, -0.15) is 0 Å². The third kappa shape index (κ3) is 2.55. The Labute approximate surface area is 121 Å². The van der Waals surface area contributed by atoms with Crippen molar-refractivity contribution < 1.29 is 14.3 Å². The second-order valence-electron chi connectivity index (χ2n) is 6.67. The van der Waals surface area contributed by atoms with E-state index in [1.54, 1.807) is 4.90 Å². The van der Waals surface area contributed by atoms with Crippen LogP contribution in [0, 0.1) is 5.92 Å². The Morgan fingerprint density at radius 3 is 2.40 bits per heavy atom. The third-order valence-electron chi connectivity index (χ3n) is 4.83. The van der Waals surface area contributed by atoms with Crippen LogP contribution in [0.25, 0.3) is 0 Å². The molecule has 0 radical (unpaired) electrons. The van der Waals surface area contributed by atoms with Crippen molar-refractivity contribution >= 4 is 11.8 Å². The average Bonchev–Trinajstić information content (AvgIpc) is 2.43. The van der Waals surface area contributed by atoms with Gasteiger partial charge in [0.15, 0.2) is 0 Å². The highest BCUT2D eigenvalue weighted by atomic mass is 16.5. The van der Waals surface area contributed by atoms with Gasteiger partial charge in [-0.25, -0.2) is 0 Å². The van der Waals surface area contributed by atoms with Crippen molar-refractivity contribution in [2.45, 2.75) is 58.0 Å². The van der Waals surface area contributed by atoms with E-state index in [1.165, 1.54) is 0 Å². The molecule has 2 aliphatic heterocycles. The maximum absolute atomic E-state index is 12.8. The lowest BCUT2D eigenvalue weighted by Crippen LogP contribution is -2.73. The van der Waals surface area contributed by atoms with Gasteiger partial charge < -0.3 is 15.0 Å². The zero-order valence-corrected chi connectivity index (χ0v) is 13.0. The standard InChI is InChI=1S/C15H26N2O3/c1-5-15(4)13(19)17(14(2,3)12(18)16-15)10-11-6-8-20-9-7-11/h11H,5-10H2,1-4H3,(H,16,18). The van der Waals surface area contributed by atoms with Crippen molar-refractivity contribution in [2.75, 3.05) is 19.8 Å². The Kier molecular flexibility index (Phi) is 4.09. The highest BCUT2D eigenvalue weighted by Crippen LogP contribution is 2.30. The molecule has 0 saturated carbocycles. The van der Waals surface area contributed by atoms with Crippen LogP contribution in [0.15, 0.2) is 0 Å². The SMILES string of the molecule is CCC1(C)NC(=O)C(C)(C)N(CC2CCOCC2)C1=O. The van der Waals surface area contributed by atoms with Crippen molar-refractivity contribution in [3.63, 3.8) is 0 Å². The summed E-state index contributed by atoms with van der Waals surface area (Å²) in [6.07, 6.45) is 2.53. The number of carbonyl (C=O) groups excluding carboxylic acids is 2. The summed E-state index contributed by atoms with van der Waals surface area (Å²) >= 11 is 0. The first-order valence-electron chi connectivity index (χ1n) is 7.53. The van der Waals surface area contributed by atoms with Gasteiger partial charge >= 0.3 is 0 Å². The topological polar surface area (TPSA) is 58.6 Å². The highest BCUT2D eigenvalue weighted by molar-refractivity contribution is 6.01. The lowest BCUT2D eigenvalue weighted by Gasteiger charge is -2.49. The molecule has 5 nitrogen and oxygen atoms in total.